The van der Waals surface area contributed by atoms with Gasteiger partial charge in [0.15, 0.2) is 0 Å². The van der Waals surface area contributed by atoms with E-state index in [9.17, 15) is 9.59 Å². The minimum Gasteiger partial charge on any atom is -0.481 e. The van der Waals surface area contributed by atoms with Crippen LogP contribution in [0.4, 0.5) is 0 Å². The Morgan fingerprint density at radius 2 is 1.22 bits per heavy atom. The molecule has 4 atom stereocenters. The van der Waals surface area contributed by atoms with Gasteiger partial charge in [0.05, 0.1) is 26.1 Å². The van der Waals surface area contributed by atoms with Crippen LogP contribution < -0.4 is 0 Å². The van der Waals surface area contributed by atoms with Crippen molar-refractivity contribution in [2.45, 2.75) is 37.3 Å². The van der Waals surface area contributed by atoms with Gasteiger partial charge in [0.25, 0.3) is 0 Å². The van der Waals surface area contributed by atoms with Crippen LogP contribution in [0.1, 0.15) is 12.8 Å². The second-order valence-electron chi connectivity index (χ2n) is 4.02. The van der Waals surface area contributed by atoms with Crippen LogP contribution in [-0.4, -0.2) is 70.0 Å². The molecule has 0 aliphatic carbocycles. The minimum atomic E-state index is -1.08. The van der Waals surface area contributed by atoms with Crippen LogP contribution in [0.5, 0.6) is 0 Å². The summed E-state index contributed by atoms with van der Waals surface area (Å²) in [5.41, 5.74) is 0. The highest BCUT2D eigenvalue weighted by Gasteiger charge is 2.46. The van der Waals surface area contributed by atoms with Crippen molar-refractivity contribution >= 4 is 11.9 Å². The molecule has 0 aromatic rings. The zero-order valence-corrected chi connectivity index (χ0v) is 9.56. The highest BCUT2D eigenvalue weighted by atomic mass is 16.6. The van der Waals surface area contributed by atoms with Gasteiger partial charge in [0.2, 0.25) is 0 Å². The summed E-state index contributed by atoms with van der Waals surface area (Å²) < 4.78 is 10.2. The largest absolute Gasteiger partial charge is 0.481 e. The smallest absolute Gasteiger partial charge is 0.303 e. The number of aliphatic carboxylic acids is 2. The average Bonchev–Trinajstić information content (AvgIpc) is 2.82. The fourth-order valence-electron chi connectivity index (χ4n) is 1.67. The molecule has 8 nitrogen and oxygen atoms in total. The van der Waals surface area contributed by atoms with Gasteiger partial charge in [-0.1, -0.05) is 0 Å². The van der Waals surface area contributed by atoms with Crippen molar-refractivity contribution in [3.05, 3.63) is 0 Å². The summed E-state index contributed by atoms with van der Waals surface area (Å²) >= 11 is 0. The van der Waals surface area contributed by atoms with Crippen molar-refractivity contribution < 1.29 is 39.5 Å². The van der Waals surface area contributed by atoms with Crippen LogP contribution in [0.15, 0.2) is 0 Å². The highest BCUT2D eigenvalue weighted by Crippen LogP contribution is 2.26. The average molecular weight is 264 g/mol. The zero-order valence-electron chi connectivity index (χ0n) is 9.56. The summed E-state index contributed by atoms with van der Waals surface area (Å²) in [6.45, 7) is 0.568. The molecule has 104 valence electrons. The van der Waals surface area contributed by atoms with Crippen LogP contribution >= 0.6 is 0 Å². The zero-order chi connectivity index (χ0) is 13.7. The second kappa shape index (κ2) is 6.64. The minimum absolute atomic E-state index is 0.284. The molecule has 2 rings (SSSR count). The van der Waals surface area contributed by atoms with Crippen molar-refractivity contribution in [2.24, 2.45) is 0 Å². The molecule has 2 fully saturated rings. The third-order valence-electron chi connectivity index (χ3n) is 2.55. The number of hydrogen-bond donors (Lipinski definition) is 4. The number of aliphatic hydroxyl groups is 2. The molecule has 0 aromatic carbocycles. The van der Waals surface area contributed by atoms with E-state index in [1.165, 1.54) is 0 Å². The molecule has 2 saturated heterocycles. The van der Waals surface area contributed by atoms with Gasteiger partial charge in [-0.05, 0) is 0 Å². The molecular formula is C10H16O8. The topological polar surface area (TPSA) is 134 Å². The monoisotopic (exact) mass is 264 g/mol. The lowest BCUT2D eigenvalue weighted by atomic mass is 10.1. The first-order chi connectivity index (χ1) is 8.41. The fraction of sp³-hybridized carbons (Fsp3) is 0.800. The maximum atomic E-state index is 9.64. The molecule has 2 heterocycles. The third-order valence-corrected chi connectivity index (χ3v) is 2.55. The van der Waals surface area contributed by atoms with Crippen molar-refractivity contribution in [3.8, 4) is 0 Å². The quantitative estimate of drug-likeness (QED) is 0.481. The molecule has 0 unspecified atom stereocenters. The standard InChI is InChI=1S/C6H10O4.C4H6O4/c7-3-1-9-6-4(8)2-10-5(3)6;5-3(6)1-2-4(7)8/h3-8H,1-2H2;1-2H2,(H,5,6)(H,7,8)/t3-,4+,5-,6-;/m1./s1. The van der Waals surface area contributed by atoms with Crippen molar-refractivity contribution in [2.75, 3.05) is 13.2 Å². The molecule has 0 radical (unpaired) electrons. The molecule has 0 saturated carbocycles. The van der Waals surface area contributed by atoms with Crippen LogP contribution in [0, 0.1) is 0 Å². The van der Waals surface area contributed by atoms with Crippen LogP contribution in [-0.2, 0) is 19.1 Å². The van der Waals surface area contributed by atoms with Gasteiger partial charge >= 0.3 is 11.9 Å². The Labute approximate surface area is 103 Å². The van der Waals surface area contributed by atoms with Crippen molar-refractivity contribution in [3.63, 3.8) is 0 Å². The van der Waals surface area contributed by atoms with E-state index in [1.807, 2.05) is 0 Å². The van der Waals surface area contributed by atoms with E-state index in [2.05, 4.69) is 0 Å². The Kier molecular flexibility index (Phi) is 5.48. The van der Waals surface area contributed by atoms with E-state index < -0.39 is 24.1 Å². The summed E-state index contributed by atoms with van der Waals surface area (Å²) in [7, 11) is 0. The molecule has 4 N–H and O–H groups in total. The maximum Gasteiger partial charge on any atom is 0.303 e. The number of rotatable bonds is 3. The molecule has 0 aromatic heterocycles. The fourth-order valence-corrected chi connectivity index (χ4v) is 1.67. The summed E-state index contributed by atoms with van der Waals surface area (Å²) in [5.74, 6) is -2.15. The maximum absolute atomic E-state index is 9.64. The van der Waals surface area contributed by atoms with Gasteiger partial charge < -0.3 is 29.9 Å². The normalized spacial score (nSPS) is 33.4. The Balaban J connectivity index is 0.000000187. The summed E-state index contributed by atoms with van der Waals surface area (Å²) in [4.78, 5) is 19.3. The van der Waals surface area contributed by atoms with Gasteiger partial charge in [0.1, 0.15) is 24.4 Å². The molecular weight excluding hydrogens is 248 g/mol. The summed E-state index contributed by atoms with van der Waals surface area (Å²) in [6.07, 6.45) is -2.29. The van der Waals surface area contributed by atoms with Gasteiger partial charge in [-0.25, -0.2) is 0 Å². The second-order valence-corrected chi connectivity index (χ2v) is 4.02. The summed E-state index contributed by atoms with van der Waals surface area (Å²) in [6, 6.07) is 0. The van der Waals surface area contributed by atoms with Gasteiger partial charge in [-0.15, -0.1) is 0 Å². The molecule has 0 spiro atoms. The van der Waals surface area contributed by atoms with Gasteiger partial charge in [-0.3, -0.25) is 9.59 Å². The van der Waals surface area contributed by atoms with Crippen LogP contribution in [0.25, 0.3) is 0 Å². The number of fused-ring (bicyclic) bond motifs is 1. The molecule has 2 aliphatic heterocycles. The summed E-state index contributed by atoms with van der Waals surface area (Å²) in [5, 5.41) is 34.1. The van der Waals surface area contributed by atoms with Crippen LogP contribution in [0.3, 0.4) is 0 Å². The SMILES string of the molecule is O=C(O)CCC(=O)O.O[C@@H]1CO[C@H]2[C@@H]1OC[C@@H]2O. The molecule has 0 bridgehead atoms. The van der Waals surface area contributed by atoms with Gasteiger partial charge in [-0.2, -0.15) is 0 Å². The molecule has 8 heteroatoms. The third kappa shape index (κ3) is 4.22. The predicted octanol–water partition coefficient (Wildman–Crippen LogP) is -1.56. The first-order valence-electron chi connectivity index (χ1n) is 5.44. The highest BCUT2D eigenvalue weighted by molar-refractivity contribution is 5.75. The Morgan fingerprint density at radius 3 is 1.50 bits per heavy atom. The van der Waals surface area contributed by atoms with E-state index in [-0.39, 0.29) is 38.3 Å². The number of carbonyl (C=O) groups is 2. The number of carboxylic acid groups (broad SMARTS) is 2. The first-order valence-corrected chi connectivity index (χ1v) is 5.44. The number of ether oxygens (including phenoxy) is 2. The lowest BCUT2D eigenvalue weighted by Gasteiger charge is -2.09. The Hall–Kier alpha value is -1.22. The van der Waals surface area contributed by atoms with E-state index >= 15 is 0 Å². The van der Waals surface area contributed by atoms with Crippen molar-refractivity contribution in [1.29, 1.82) is 0 Å². The molecule has 18 heavy (non-hydrogen) atoms. The van der Waals surface area contributed by atoms with Crippen LogP contribution in [0.2, 0.25) is 0 Å². The van der Waals surface area contributed by atoms with E-state index in [1.54, 1.807) is 0 Å². The Bertz CT molecular complexity index is 274. The molecule has 2 aliphatic rings. The predicted molar refractivity (Wildman–Crippen MR) is 56.0 cm³/mol. The van der Waals surface area contributed by atoms with Crippen molar-refractivity contribution in [1.82, 2.24) is 0 Å². The lowest BCUT2D eigenvalue weighted by Crippen LogP contribution is -2.30. The number of carboxylic acids is 2. The van der Waals surface area contributed by atoms with E-state index in [0.29, 0.717) is 0 Å². The number of aliphatic hydroxyl groups excluding tert-OH is 2. The first kappa shape index (κ1) is 14.8. The van der Waals surface area contributed by atoms with Gasteiger partial charge in [0, 0.05) is 0 Å². The van der Waals surface area contributed by atoms with E-state index in [4.69, 9.17) is 29.9 Å². The Morgan fingerprint density at radius 1 is 0.889 bits per heavy atom. The lowest BCUT2D eigenvalue weighted by molar-refractivity contribution is -0.143. The number of hydrogen-bond acceptors (Lipinski definition) is 6. The van der Waals surface area contributed by atoms with E-state index in [0.717, 1.165) is 0 Å². The molecule has 0 amide bonds.